The van der Waals surface area contributed by atoms with Gasteiger partial charge in [0.15, 0.2) is 0 Å². The van der Waals surface area contributed by atoms with Crippen LogP contribution in [0.4, 0.5) is 0 Å². The minimum Gasteiger partial charge on any atom is -0.459 e. The molecular weight excluding hydrogens is 178 g/mol. The first kappa shape index (κ1) is 9.97. The monoisotopic (exact) mass is 197 g/mol. The molecule has 2 saturated heterocycles. The molecule has 0 amide bonds. The zero-order valence-electron chi connectivity index (χ0n) is 9.22. The third-order valence-corrected chi connectivity index (χ3v) is 3.11. The number of carbonyl (C=O) groups is 1. The first-order chi connectivity index (χ1) is 6.41. The summed E-state index contributed by atoms with van der Waals surface area (Å²) in [4.78, 5) is 12.0. The molecule has 1 N–H and O–H groups in total. The fourth-order valence-electron chi connectivity index (χ4n) is 2.43. The van der Waals surface area contributed by atoms with Gasteiger partial charge in [-0.2, -0.15) is 0 Å². The molecule has 2 rings (SSSR count). The molecule has 2 aliphatic rings. The van der Waals surface area contributed by atoms with Gasteiger partial charge < -0.3 is 4.74 Å². The van der Waals surface area contributed by atoms with Crippen LogP contribution >= 0.6 is 0 Å². The third-order valence-electron chi connectivity index (χ3n) is 3.11. The maximum Gasteiger partial charge on any atom is 0.326 e. The Hall–Kier alpha value is -0.570. The van der Waals surface area contributed by atoms with E-state index in [1.54, 1.807) is 0 Å². The average Bonchev–Trinajstić information content (AvgIpc) is 2.60. The van der Waals surface area contributed by atoms with E-state index in [-0.39, 0.29) is 17.1 Å². The molecule has 0 aromatic rings. The highest BCUT2D eigenvalue weighted by molar-refractivity contribution is 5.82. The first-order valence-electron chi connectivity index (χ1n) is 5.42. The predicted molar refractivity (Wildman–Crippen MR) is 54.0 cm³/mol. The van der Waals surface area contributed by atoms with Crippen molar-refractivity contribution in [3.05, 3.63) is 0 Å². The Kier molecular flexibility index (Phi) is 2.11. The van der Waals surface area contributed by atoms with Gasteiger partial charge in [0.25, 0.3) is 0 Å². The van der Waals surface area contributed by atoms with Crippen molar-refractivity contribution in [2.24, 2.45) is 0 Å². The number of fused-ring (bicyclic) bond motifs is 2. The van der Waals surface area contributed by atoms with E-state index in [4.69, 9.17) is 4.74 Å². The fourth-order valence-corrected chi connectivity index (χ4v) is 2.43. The minimum absolute atomic E-state index is 0.0509. The van der Waals surface area contributed by atoms with Gasteiger partial charge in [0.1, 0.15) is 11.1 Å². The van der Waals surface area contributed by atoms with E-state index in [9.17, 15) is 4.79 Å². The molecule has 2 bridgehead atoms. The maximum atomic E-state index is 12.0. The van der Waals surface area contributed by atoms with Crippen LogP contribution in [0.25, 0.3) is 0 Å². The van der Waals surface area contributed by atoms with Gasteiger partial charge in [-0.15, -0.1) is 0 Å². The lowest BCUT2D eigenvalue weighted by Crippen LogP contribution is -2.48. The zero-order valence-corrected chi connectivity index (χ0v) is 9.22. The van der Waals surface area contributed by atoms with E-state index in [1.807, 2.05) is 20.8 Å². The third kappa shape index (κ3) is 1.65. The minimum atomic E-state index is -0.367. The molecule has 0 unspecified atom stereocenters. The molecule has 0 aromatic heterocycles. The number of rotatable bonds is 1. The zero-order chi connectivity index (χ0) is 10.4. The fraction of sp³-hybridized carbons (Fsp3) is 0.909. The Balaban J connectivity index is 2.04. The second-order valence-corrected chi connectivity index (χ2v) is 5.50. The molecule has 2 aliphatic heterocycles. The summed E-state index contributed by atoms with van der Waals surface area (Å²) in [6.45, 7) is 5.76. The lowest BCUT2D eigenvalue weighted by Gasteiger charge is -2.29. The number of hydrogen-bond donors (Lipinski definition) is 1. The molecule has 80 valence electrons. The van der Waals surface area contributed by atoms with Crippen LogP contribution in [-0.2, 0) is 9.53 Å². The number of ether oxygens (including phenoxy) is 1. The summed E-state index contributed by atoms with van der Waals surface area (Å²) in [5.41, 5.74) is -0.702. The molecule has 0 atom stereocenters. The summed E-state index contributed by atoms with van der Waals surface area (Å²) in [6.07, 6.45) is 4.15. The van der Waals surface area contributed by atoms with Gasteiger partial charge in [-0.3, -0.25) is 10.1 Å². The second kappa shape index (κ2) is 2.96. The van der Waals surface area contributed by atoms with Gasteiger partial charge in [0.2, 0.25) is 0 Å². The molecule has 2 fully saturated rings. The first-order valence-corrected chi connectivity index (χ1v) is 5.42. The highest BCUT2D eigenvalue weighted by Crippen LogP contribution is 2.38. The largest absolute Gasteiger partial charge is 0.459 e. The number of carbonyl (C=O) groups excluding carboxylic acids is 1. The standard InChI is InChI=1S/C11H19NO2/c1-10(2,3)14-9(13)11-6-4-8(12-11)5-7-11/h8,12H,4-7H2,1-3H3. The molecule has 0 spiro atoms. The number of esters is 1. The van der Waals surface area contributed by atoms with E-state index in [0.717, 1.165) is 25.7 Å². The molecular formula is C11H19NO2. The summed E-state index contributed by atoms with van der Waals surface area (Å²) in [7, 11) is 0. The van der Waals surface area contributed by atoms with Crippen LogP contribution < -0.4 is 5.32 Å². The number of nitrogens with one attached hydrogen (secondary N) is 1. The van der Waals surface area contributed by atoms with Gasteiger partial charge in [0.05, 0.1) is 0 Å². The highest BCUT2D eigenvalue weighted by Gasteiger charge is 2.51. The van der Waals surface area contributed by atoms with Crippen molar-refractivity contribution in [1.82, 2.24) is 5.32 Å². The predicted octanol–water partition coefficient (Wildman–Crippen LogP) is 1.61. The van der Waals surface area contributed by atoms with Crippen LogP contribution in [0.1, 0.15) is 46.5 Å². The van der Waals surface area contributed by atoms with Crippen molar-refractivity contribution < 1.29 is 9.53 Å². The molecule has 3 nitrogen and oxygen atoms in total. The normalized spacial score (nSPS) is 36.1. The van der Waals surface area contributed by atoms with Crippen LogP contribution in [0.5, 0.6) is 0 Å². The van der Waals surface area contributed by atoms with Gasteiger partial charge in [-0.25, -0.2) is 0 Å². The van der Waals surface area contributed by atoms with Crippen molar-refractivity contribution in [2.75, 3.05) is 0 Å². The molecule has 0 aromatic carbocycles. The Morgan fingerprint density at radius 1 is 1.36 bits per heavy atom. The number of hydrogen-bond acceptors (Lipinski definition) is 3. The van der Waals surface area contributed by atoms with Crippen molar-refractivity contribution in [3.63, 3.8) is 0 Å². The Bertz CT molecular complexity index is 247. The van der Waals surface area contributed by atoms with Gasteiger partial charge in [-0.05, 0) is 46.5 Å². The molecule has 14 heavy (non-hydrogen) atoms. The van der Waals surface area contributed by atoms with Crippen molar-refractivity contribution in [2.45, 2.75) is 63.6 Å². The lowest BCUT2D eigenvalue weighted by molar-refractivity contribution is -0.162. The van der Waals surface area contributed by atoms with Gasteiger partial charge in [0, 0.05) is 6.04 Å². The summed E-state index contributed by atoms with van der Waals surface area (Å²) >= 11 is 0. The SMILES string of the molecule is CC(C)(C)OC(=O)C12CCC(CC1)N2. The molecule has 2 heterocycles. The van der Waals surface area contributed by atoms with Crippen molar-refractivity contribution >= 4 is 5.97 Å². The van der Waals surface area contributed by atoms with Crippen LogP contribution in [0.2, 0.25) is 0 Å². The van der Waals surface area contributed by atoms with Crippen molar-refractivity contribution in [1.29, 1.82) is 0 Å². The van der Waals surface area contributed by atoms with Crippen LogP contribution in [-0.4, -0.2) is 23.2 Å². The molecule has 0 aliphatic carbocycles. The molecule has 3 heteroatoms. The summed E-state index contributed by atoms with van der Waals surface area (Å²) in [5, 5.41) is 3.39. The molecule has 0 radical (unpaired) electrons. The van der Waals surface area contributed by atoms with E-state index in [1.165, 1.54) is 0 Å². The maximum absolute atomic E-state index is 12.0. The summed E-state index contributed by atoms with van der Waals surface area (Å²) in [6, 6.07) is 0.558. The average molecular weight is 197 g/mol. The van der Waals surface area contributed by atoms with Gasteiger partial charge in [-0.1, -0.05) is 0 Å². The summed E-state index contributed by atoms with van der Waals surface area (Å²) in [5.74, 6) is -0.0509. The van der Waals surface area contributed by atoms with Crippen LogP contribution in [0, 0.1) is 0 Å². The quantitative estimate of drug-likeness (QED) is 0.649. The van der Waals surface area contributed by atoms with Gasteiger partial charge >= 0.3 is 5.97 Å². The van der Waals surface area contributed by atoms with Crippen LogP contribution in [0.15, 0.2) is 0 Å². The molecule has 0 saturated carbocycles. The van der Waals surface area contributed by atoms with E-state index < -0.39 is 0 Å². The Morgan fingerprint density at radius 2 is 1.93 bits per heavy atom. The second-order valence-electron chi connectivity index (χ2n) is 5.50. The van der Waals surface area contributed by atoms with E-state index in [2.05, 4.69) is 5.32 Å². The Morgan fingerprint density at radius 3 is 2.29 bits per heavy atom. The van der Waals surface area contributed by atoms with E-state index >= 15 is 0 Å². The lowest BCUT2D eigenvalue weighted by atomic mass is 9.88. The van der Waals surface area contributed by atoms with Crippen LogP contribution in [0.3, 0.4) is 0 Å². The van der Waals surface area contributed by atoms with Crippen molar-refractivity contribution in [3.8, 4) is 0 Å². The Labute approximate surface area is 85.2 Å². The smallest absolute Gasteiger partial charge is 0.326 e. The van der Waals surface area contributed by atoms with E-state index in [0.29, 0.717) is 6.04 Å². The summed E-state index contributed by atoms with van der Waals surface area (Å²) < 4.78 is 5.44. The highest BCUT2D eigenvalue weighted by atomic mass is 16.6. The topological polar surface area (TPSA) is 38.3 Å².